The van der Waals surface area contributed by atoms with Crippen LogP contribution in [0.1, 0.15) is 12.8 Å². The molecular weight excluding hydrogens is 272 g/mol. The van der Waals surface area contributed by atoms with Crippen molar-refractivity contribution in [3.8, 4) is 0 Å². The van der Waals surface area contributed by atoms with Crippen LogP contribution in [0.4, 0.5) is 0 Å². The Labute approximate surface area is 117 Å². The second-order valence-electron chi connectivity index (χ2n) is 3.76. The van der Waals surface area contributed by atoms with E-state index in [-0.39, 0.29) is 12.5 Å². The lowest BCUT2D eigenvalue weighted by molar-refractivity contribution is -0.141. The van der Waals surface area contributed by atoms with Crippen molar-refractivity contribution in [1.82, 2.24) is 10.6 Å². The first-order valence-electron chi connectivity index (χ1n) is 5.82. The summed E-state index contributed by atoms with van der Waals surface area (Å²) >= 11 is 3.33. The van der Waals surface area contributed by atoms with Crippen LogP contribution < -0.4 is 10.6 Å². The molecule has 0 unspecified atom stereocenters. The average molecular weight is 294 g/mol. The summed E-state index contributed by atoms with van der Waals surface area (Å²) in [6, 6.07) is -0.780. The van der Waals surface area contributed by atoms with E-state index < -0.39 is 12.0 Å². The van der Waals surface area contributed by atoms with Gasteiger partial charge in [-0.3, -0.25) is 4.79 Å². The van der Waals surface area contributed by atoms with Gasteiger partial charge in [-0.1, -0.05) is 0 Å². The number of hydrogen-bond acceptors (Lipinski definition) is 5. The van der Waals surface area contributed by atoms with Gasteiger partial charge in [-0.2, -0.15) is 23.5 Å². The predicted octanol–water partition coefficient (Wildman–Crippen LogP) is 0.652. The molecule has 0 radical (unpaired) electrons. The third-order valence-corrected chi connectivity index (χ3v) is 3.57. The molecule has 3 N–H and O–H groups in total. The van der Waals surface area contributed by atoms with E-state index in [1.54, 1.807) is 23.5 Å². The van der Waals surface area contributed by atoms with Crippen molar-refractivity contribution < 1.29 is 14.7 Å². The number of carbonyl (C=O) groups is 2. The number of thioether (sulfide) groups is 2. The molecule has 0 heterocycles. The molecule has 0 aromatic rings. The molecule has 0 spiro atoms. The van der Waals surface area contributed by atoms with Crippen LogP contribution in [-0.4, -0.2) is 60.1 Å². The smallest absolute Gasteiger partial charge is 0.326 e. The Bertz CT molecular complexity index is 252. The van der Waals surface area contributed by atoms with Gasteiger partial charge in [-0.15, -0.1) is 0 Å². The minimum absolute atomic E-state index is 0.178. The fraction of sp³-hybridized carbons (Fsp3) is 0.818. The molecule has 0 aromatic heterocycles. The van der Waals surface area contributed by atoms with Crippen molar-refractivity contribution in [2.75, 3.05) is 37.1 Å². The molecule has 5 nitrogen and oxygen atoms in total. The molecule has 7 heteroatoms. The molecule has 0 rings (SSSR count). The van der Waals surface area contributed by atoms with Crippen LogP contribution in [0.3, 0.4) is 0 Å². The van der Waals surface area contributed by atoms with Gasteiger partial charge in [0.25, 0.3) is 0 Å². The highest BCUT2D eigenvalue weighted by Crippen LogP contribution is 2.00. The number of hydrogen-bond donors (Lipinski definition) is 3. The molecule has 1 atom stereocenters. The lowest BCUT2D eigenvalue weighted by Crippen LogP contribution is -2.45. The first-order valence-corrected chi connectivity index (χ1v) is 8.61. The quantitative estimate of drug-likeness (QED) is 0.486. The van der Waals surface area contributed by atoms with E-state index in [9.17, 15) is 9.59 Å². The molecule has 0 fully saturated rings. The number of nitrogens with one attached hydrogen (secondary N) is 2. The summed E-state index contributed by atoms with van der Waals surface area (Å²) in [6.07, 6.45) is 5.40. The van der Waals surface area contributed by atoms with Crippen molar-refractivity contribution >= 4 is 35.4 Å². The molecule has 0 aliphatic heterocycles. The van der Waals surface area contributed by atoms with Crippen molar-refractivity contribution in [2.45, 2.75) is 18.9 Å². The summed E-state index contributed by atoms with van der Waals surface area (Å²) in [5.41, 5.74) is 0. The summed E-state index contributed by atoms with van der Waals surface area (Å²) in [6.45, 7) is 0.953. The van der Waals surface area contributed by atoms with Crippen molar-refractivity contribution in [3.05, 3.63) is 0 Å². The first kappa shape index (κ1) is 17.6. The Morgan fingerprint density at radius 3 is 2.44 bits per heavy atom. The fourth-order valence-electron chi connectivity index (χ4n) is 1.28. The third-order valence-electron chi connectivity index (χ3n) is 2.23. The van der Waals surface area contributed by atoms with Crippen LogP contribution in [0, 0.1) is 0 Å². The number of carboxylic acids is 1. The molecule has 0 aliphatic rings. The van der Waals surface area contributed by atoms with Crippen LogP contribution >= 0.6 is 23.5 Å². The monoisotopic (exact) mass is 294 g/mol. The van der Waals surface area contributed by atoms with Gasteiger partial charge in [0.15, 0.2) is 0 Å². The summed E-state index contributed by atoms with van der Waals surface area (Å²) in [5.74, 6) is 0.547. The van der Waals surface area contributed by atoms with Gasteiger partial charge in [-0.05, 0) is 43.4 Å². The zero-order valence-corrected chi connectivity index (χ0v) is 12.5. The molecule has 0 aliphatic carbocycles. The average Bonchev–Trinajstić information content (AvgIpc) is 2.33. The van der Waals surface area contributed by atoms with E-state index in [4.69, 9.17) is 5.11 Å². The second-order valence-corrected chi connectivity index (χ2v) is 5.73. The SMILES string of the molecule is CSCCCNCC(=O)N[C@@H](CCSC)C(=O)O. The topological polar surface area (TPSA) is 78.4 Å². The Morgan fingerprint density at radius 1 is 1.22 bits per heavy atom. The highest BCUT2D eigenvalue weighted by atomic mass is 32.2. The largest absolute Gasteiger partial charge is 0.480 e. The summed E-state index contributed by atoms with van der Waals surface area (Å²) in [5, 5.41) is 14.5. The van der Waals surface area contributed by atoms with E-state index in [1.165, 1.54) is 0 Å². The van der Waals surface area contributed by atoms with Gasteiger partial charge >= 0.3 is 5.97 Å². The Morgan fingerprint density at radius 2 is 1.89 bits per heavy atom. The number of rotatable bonds is 11. The lowest BCUT2D eigenvalue weighted by Gasteiger charge is -2.14. The number of carbonyl (C=O) groups excluding carboxylic acids is 1. The Hall–Kier alpha value is -0.400. The number of amides is 1. The van der Waals surface area contributed by atoms with Crippen LogP contribution in [-0.2, 0) is 9.59 Å². The van der Waals surface area contributed by atoms with Gasteiger partial charge in [0, 0.05) is 0 Å². The summed E-state index contributed by atoms with van der Waals surface area (Å²) in [4.78, 5) is 22.4. The molecule has 0 aromatic carbocycles. The maximum Gasteiger partial charge on any atom is 0.326 e. The minimum Gasteiger partial charge on any atom is -0.480 e. The summed E-state index contributed by atoms with van der Waals surface area (Å²) in [7, 11) is 0. The van der Waals surface area contributed by atoms with Crippen LogP contribution in [0.15, 0.2) is 0 Å². The van der Waals surface area contributed by atoms with Crippen molar-refractivity contribution in [1.29, 1.82) is 0 Å². The van der Waals surface area contributed by atoms with Crippen molar-refractivity contribution in [3.63, 3.8) is 0 Å². The Balaban J connectivity index is 3.77. The second kappa shape index (κ2) is 11.7. The van der Waals surface area contributed by atoms with Gasteiger partial charge in [0.2, 0.25) is 5.91 Å². The third kappa shape index (κ3) is 9.61. The van der Waals surface area contributed by atoms with Gasteiger partial charge in [0.05, 0.1) is 6.54 Å². The highest BCUT2D eigenvalue weighted by molar-refractivity contribution is 7.98. The molecular formula is C11H22N2O3S2. The lowest BCUT2D eigenvalue weighted by atomic mass is 10.2. The standard InChI is InChI=1S/C11H22N2O3S2/c1-17-6-3-5-12-8-10(14)13-9(11(15)16)4-7-18-2/h9,12H,3-8H2,1-2H3,(H,13,14)(H,15,16)/t9-/m0/s1. The summed E-state index contributed by atoms with van der Waals surface area (Å²) < 4.78 is 0. The number of aliphatic carboxylic acids is 1. The molecule has 1 amide bonds. The van der Waals surface area contributed by atoms with Gasteiger partial charge in [-0.25, -0.2) is 4.79 Å². The van der Waals surface area contributed by atoms with E-state index in [0.717, 1.165) is 24.5 Å². The zero-order valence-electron chi connectivity index (χ0n) is 10.9. The zero-order chi connectivity index (χ0) is 13.8. The van der Waals surface area contributed by atoms with E-state index in [2.05, 4.69) is 10.6 Å². The van der Waals surface area contributed by atoms with Crippen LogP contribution in [0.25, 0.3) is 0 Å². The molecule has 0 saturated carbocycles. The number of carboxylic acid groups (broad SMARTS) is 1. The molecule has 18 heavy (non-hydrogen) atoms. The highest BCUT2D eigenvalue weighted by Gasteiger charge is 2.18. The predicted molar refractivity (Wildman–Crippen MR) is 78.4 cm³/mol. The first-order chi connectivity index (χ1) is 8.61. The van der Waals surface area contributed by atoms with Crippen LogP contribution in [0.2, 0.25) is 0 Å². The van der Waals surface area contributed by atoms with Gasteiger partial charge in [0.1, 0.15) is 6.04 Å². The minimum atomic E-state index is -0.972. The maximum atomic E-state index is 11.5. The normalized spacial score (nSPS) is 12.1. The van der Waals surface area contributed by atoms with Crippen LogP contribution in [0.5, 0.6) is 0 Å². The van der Waals surface area contributed by atoms with Gasteiger partial charge < -0.3 is 15.7 Å². The van der Waals surface area contributed by atoms with E-state index in [0.29, 0.717) is 6.42 Å². The fourth-order valence-corrected chi connectivity index (χ4v) is 2.19. The van der Waals surface area contributed by atoms with Crippen molar-refractivity contribution in [2.24, 2.45) is 0 Å². The van der Waals surface area contributed by atoms with E-state index in [1.807, 2.05) is 12.5 Å². The molecule has 0 bridgehead atoms. The molecule has 0 saturated heterocycles. The molecule has 106 valence electrons. The van der Waals surface area contributed by atoms with E-state index >= 15 is 0 Å². The Kier molecular flexibility index (Phi) is 11.4. The maximum absolute atomic E-state index is 11.5.